The molecule has 2 unspecified atom stereocenters. The second kappa shape index (κ2) is 9.76. The molecule has 2 fully saturated rings. The number of ether oxygens (including phenoxy) is 2. The van der Waals surface area contributed by atoms with Gasteiger partial charge >= 0.3 is 13.7 Å². The maximum atomic E-state index is 13.8. The molecule has 0 bridgehead atoms. The third kappa shape index (κ3) is 4.64. The highest BCUT2D eigenvalue weighted by Gasteiger charge is 2.79. The SMILES string of the molecule is CC(C)OC(=O)[C@@H](C)NP(=O)(Oc1ccccc1)OC1[C@H]2O[C@@H](n3cc(Cl)c4c(N)ncnc43)[C@H](O)[C@@]12O. The molecule has 5 rings (SSSR count). The highest BCUT2D eigenvalue weighted by molar-refractivity contribution is 7.52. The van der Waals surface area contributed by atoms with Crippen molar-refractivity contribution in [3.8, 4) is 5.75 Å². The van der Waals surface area contributed by atoms with E-state index in [2.05, 4.69) is 15.1 Å². The number of aromatic nitrogens is 3. The fourth-order valence-electron chi connectivity index (χ4n) is 4.39. The Hall–Kier alpha value is -2.77. The molecule has 5 N–H and O–H groups in total. The molecule has 2 aliphatic rings. The molecule has 3 heterocycles. The summed E-state index contributed by atoms with van der Waals surface area (Å²) in [6, 6.07) is 7.08. The first-order chi connectivity index (χ1) is 17.9. The lowest BCUT2D eigenvalue weighted by atomic mass is 10.1. The molecule has 0 spiro atoms. The van der Waals surface area contributed by atoms with Crippen LogP contribution >= 0.6 is 19.3 Å². The van der Waals surface area contributed by atoms with Crippen molar-refractivity contribution in [3.05, 3.63) is 47.9 Å². The number of nitrogen functional groups attached to an aromatic ring is 1. The van der Waals surface area contributed by atoms with Crippen molar-refractivity contribution in [2.75, 3.05) is 5.73 Å². The van der Waals surface area contributed by atoms with Crippen LogP contribution in [0.2, 0.25) is 5.02 Å². The van der Waals surface area contributed by atoms with Crippen molar-refractivity contribution < 1.29 is 38.1 Å². The van der Waals surface area contributed by atoms with Gasteiger partial charge in [0.05, 0.1) is 16.5 Å². The molecular weight excluding hydrogens is 541 g/mol. The van der Waals surface area contributed by atoms with Crippen LogP contribution in [0.25, 0.3) is 11.0 Å². The van der Waals surface area contributed by atoms with Crippen molar-refractivity contribution in [1.82, 2.24) is 19.6 Å². The Balaban J connectivity index is 1.37. The number of esters is 1. The predicted octanol–water partition coefficient (Wildman–Crippen LogP) is 2.17. The van der Waals surface area contributed by atoms with E-state index in [1.807, 2.05) is 0 Å². The van der Waals surface area contributed by atoms with Gasteiger partial charge in [-0.15, -0.1) is 0 Å². The minimum Gasteiger partial charge on any atom is -0.462 e. The van der Waals surface area contributed by atoms with Gasteiger partial charge in [0, 0.05) is 6.20 Å². The first kappa shape index (κ1) is 26.8. The number of nitrogens with two attached hydrogens (primary N) is 1. The van der Waals surface area contributed by atoms with Gasteiger partial charge in [-0.2, -0.15) is 5.09 Å². The molecule has 38 heavy (non-hydrogen) atoms. The quantitative estimate of drug-likeness (QED) is 0.219. The van der Waals surface area contributed by atoms with Crippen molar-refractivity contribution in [1.29, 1.82) is 0 Å². The third-order valence-corrected chi connectivity index (χ3v) is 8.20. The van der Waals surface area contributed by atoms with Gasteiger partial charge in [-0.1, -0.05) is 29.8 Å². The van der Waals surface area contributed by atoms with E-state index in [0.717, 1.165) is 0 Å². The molecule has 1 saturated carbocycles. The summed E-state index contributed by atoms with van der Waals surface area (Å²) < 4.78 is 37.6. The number of rotatable bonds is 9. The fraction of sp³-hybridized carbons (Fsp3) is 0.435. The number of aliphatic hydroxyl groups is 2. The zero-order valence-electron chi connectivity index (χ0n) is 20.6. The average Bonchev–Trinajstić information content (AvgIpc) is 3.10. The number of aliphatic hydroxyl groups excluding tert-OH is 1. The normalized spacial score (nSPS) is 28.6. The summed E-state index contributed by atoms with van der Waals surface area (Å²) in [6.45, 7) is 4.80. The van der Waals surface area contributed by atoms with E-state index in [9.17, 15) is 19.6 Å². The second-order valence-corrected chi connectivity index (χ2v) is 11.4. The van der Waals surface area contributed by atoms with Crippen molar-refractivity contribution in [2.45, 2.75) is 63.1 Å². The number of para-hydroxylation sites is 1. The number of nitrogens with one attached hydrogen (secondary N) is 1. The largest absolute Gasteiger partial charge is 0.462 e. The van der Waals surface area contributed by atoms with Crippen LogP contribution < -0.4 is 15.3 Å². The van der Waals surface area contributed by atoms with Gasteiger partial charge in [0.15, 0.2) is 11.8 Å². The molecular formula is C23H27ClN5O8P. The Bertz CT molecular complexity index is 1410. The number of hydrogen-bond acceptors (Lipinski definition) is 11. The van der Waals surface area contributed by atoms with Crippen LogP contribution in [0.15, 0.2) is 42.9 Å². The molecule has 1 aliphatic carbocycles. The van der Waals surface area contributed by atoms with Crippen molar-refractivity contribution in [3.63, 3.8) is 0 Å². The minimum atomic E-state index is -4.31. The third-order valence-electron chi connectivity index (χ3n) is 6.25. The van der Waals surface area contributed by atoms with Crippen molar-refractivity contribution >= 4 is 42.2 Å². The van der Waals surface area contributed by atoms with Gasteiger partial charge in [-0.05, 0) is 32.9 Å². The molecule has 13 nitrogen and oxygen atoms in total. The summed E-state index contributed by atoms with van der Waals surface area (Å²) in [7, 11) is -4.31. The lowest BCUT2D eigenvalue weighted by Gasteiger charge is -2.27. The number of hydrogen-bond donors (Lipinski definition) is 4. The molecule has 204 valence electrons. The van der Waals surface area contributed by atoms with Gasteiger partial charge in [0.2, 0.25) is 0 Å². The lowest BCUT2D eigenvalue weighted by Crippen LogP contribution is -2.39. The van der Waals surface area contributed by atoms with E-state index in [1.54, 1.807) is 44.2 Å². The first-order valence-corrected chi connectivity index (χ1v) is 13.7. The lowest BCUT2D eigenvalue weighted by molar-refractivity contribution is -0.149. The average molecular weight is 568 g/mol. The summed E-state index contributed by atoms with van der Waals surface area (Å²) in [4.78, 5) is 20.4. The molecule has 3 aromatic rings. The van der Waals surface area contributed by atoms with Crippen molar-refractivity contribution in [2.24, 2.45) is 0 Å². The highest BCUT2D eigenvalue weighted by Crippen LogP contribution is 2.61. The topological polar surface area (TPSA) is 180 Å². The maximum Gasteiger partial charge on any atom is 0.459 e. The van der Waals surface area contributed by atoms with Crippen LogP contribution in [0.3, 0.4) is 0 Å². The molecule has 2 aromatic heterocycles. The molecule has 7 atom stereocenters. The van der Waals surface area contributed by atoms with Crippen LogP contribution in [0, 0.1) is 0 Å². The number of carbonyl (C=O) groups is 1. The van der Waals surface area contributed by atoms with Gasteiger partial charge in [-0.3, -0.25) is 9.32 Å². The van der Waals surface area contributed by atoms with Crippen LogP contribution in [0.4, 0.5) is 5.82 Å². The predicted molar refractivity (Wildman–Crippen MR) is 135 cm³/mol. The minimum absolute atomic E-state index is 0.145. The van der Waals surface area contributed by atoms with E-state index < -0.39 is 56.0 Å². The molecule has 1 aliphatic heterocycles. The van der Waals surface area contributed by atoms with Gasteiger partial charge in [0.1, 0.15) is 47.9 Å². The number of anilines is 1. The molecule has 15 heteroatoms. The summed E-state index contributed by atoms with van der Waals surface area (Å²) in [5.41, 5.74) is 4.26. The Morgan fingerprint density at radius 1 is 1.29 bits per heavy atom. The summed E-state index contributed by atoms with van der Waals surface area (Å²) in [5.74, 6) is -0.341. The van der Waals surface area contributed by atoms with E-state index >= 15 is 0 Å². The summed E-state index contributed by atoms with van der Waals surface area (Å²) >= 11 is 6.28. The standard InChI is InChI=1S/C23H27ClN5O8P/c1-11(2)34-22(31)12(3)28-38(33,36-13-7-5-4-6-8-13)37-18-17-23(18,32)16(30)21(35-17)29-9-14(24)15-19(25)26-10-27-20(15)29/h4-12,16-18,21,30,32H,1-3H3,(H,28,33)(H2,25,26,27)/t12-,16+,17-,18?,21-,23+,38?/m1/s1. The first-order valence-electron chi connectivity index (χ1n) is 11.8. The second-order valence-electron chi connectivity index (χ2n) is 9.39. The molecule has 0 radical (unpaired) electrons. The summed E-state index contributed by atoms with van der Waals surface area (Å²) in [5, 5.41) is 25.5. The van der Waals surface area contributed by atoms with E-state index in [1.165, 1.54) is 24.0 Å². The maximum absolute atomic E-state index is 13.8. The molecule has 1 aromatic carbocycles. The zero-order valence-corrected chi connectivity index (χ0v) is 22.2. The number of nitrogens with zero attached hydrogens (tertiary/aromatic N) is 3. The molecule has 1 saturated heterocycles. The smallest absolute Gasteiger partial charge is 0.459 e. The number of carbonyl (C=O) groups excluding carboxylic acids is 1. The Kier molecular flexibility index (Phi) is 6.89. The number of benzene rings is 1. The van der Waals surface area contributed by atoms with Crippen LogP contribution in [0.5, 0.6) is 5.75 Å². The highest BCUT2D eigenvalue weighted by atomic mass is 35.5. The number of halogens is 1. The fourth-order valence-corrected chi connectivity index (χ4v) is 6.39. The van der Waals surface area contributed by atoms with Gasteiger partial charge in [0.25, 0.3) is 0 Å². The zero-order chi connectivity index (χ0) is 27.4. The van der Waals surface area contributed by atoms with Crippen LogP contribution in [-0.2, 0) is 23.4 Å². The Morgan fingerprint density at radius 2 is 2.00 bits per heavy atom. The van der Waals surface area contributed by atoms with Gasteiger partial charge < -0.3 is 34.5 Å². The summed E-state index contributed by atoms with van der Waals surface area (Å²) in [6.07, 6.45) is -2.66. The Morgan fingerprint density at radius 3 is 2.63 bits per heavy atom. The molecule has 0 amide bonds. The van der Waals surface area contributed by atoms with E-state index in [-0.39, 0.29) is 16.6 Å². The van der Waals surface area contributed by atoms with Gasteiger partial charge in [-0.25, -0.2) is 14.5 Å². The number of fused-ring (bicyclic) bond motifs is 2. The Labute approximate surface area is 222 Å². The monoisotopic (exact) mass is 567 g/mol. The van der Waals surface area contributed by atoms with Crippen LogP contribution in [-0.4, -0.2) is 66.8 Å². The van der Waals surface area contributed by atoms with E-state index in [4.69, 9.17) is 35.9 Å². The van der Waals surface area contributed by atoms with E-state index in [0.29, 0.717) is 11.0 Å². The van der Waals surface area contributed by atoms with Crippen LogP contribution in [0.1, 0.15) is 27.0 Å².